The Hall–Kier alpha value is -1.48. The number of rotatable bonds is 2. The molecule has 20 heavy (non-hydrogen) atoms. The second-order valence-electron chi connectivity index (χ2n) is 6.06. The highest BCUT2D eigenvalue weighted by Gasteiger charge is 2.14. The topological polar surface area (TPSA) is 29.3 Å². The summed E-state index contributed by atoms with van der Waals surface area (Å²) in [7, 11) is 2.03. The van der Waals surface area contributed by atoms with Crippen LogP contribution in [0.4, 0.5) is 17.1 Å². The SMILES string of the molecule is CN(c1ccc(C(C)(C)C)cc1)c1ccc(Br)cc1N. The maximum atomic E-state index is 6.09. The molecule has 0 radical (unpaired) electrons. The average molecular weight is 333 g/mol. The van der Waals surface area contributed by atoms with E-state index in [0.29, 0.717) is 0 Å². The Balaban J connectivity index is 2.31. The van der Waals surface area contributed by atoms with Crippen molar-refractivity contribution in [3.05, 3.63) is 52.5 Å². The summed E-state index contributed by atoms with van der Waals surface area (Å²) in [6.07, 6.45) is 0. The van der Waals surface area contributed by atoms with Gasteiger partial charge in [-0.25, -0.2) is 0 Å². The van der Waals surface area contributed by atoms with E-state index in [0.717, 1.165) is 21.5 Å². The molecule has 0 unspecified atom stereocenters. The predicted octanol–water partition coefficient (Wildman–Crippen LogP) is 5.10. The summed E-state index contributed by atoms with van der Waals surface area (Å²) in [5.74, 6) is 0. The summed E-state index contributed by atoms with van der Waals surface area (Å²) in [6.45, 7) is 6.66. The highest BCUT2D eigenvalue weighted by molar-refractivity contribution is 9.10. The van der Waals surface area contributed by atoms with Gasteiger partial charge in [-0.15, -0.1) is 0 Å². The lowest BCUT2D eigenvalue weighted by molar-refractivity contribution is 0.590. The van der Waals surface area contributed by atoms with Crippen LogP contribution in [0.5, 0.6) is 0 Å². The maximum absolute atomic E-state index is 6.09. The van der Waals surface area contributed by atoms with Crippen LogP contribution in [0.15, 0.2) is 46.9 Å². The van der Waals surface area contributed by atoms with E-state index in [1.807, 2.05) is 25.2 Å². The number of anilines is 3. The molecule has 0 aromatic heterocycles. The molecule has 3 heteroatoms. The van der Waals surface area contributed by atoms with E-state index in [-0.39, 0.29) is 5.41 Å². The zero-order valence-corrected chi connectivity index (χ0v) is 14.0. The molecule has 0 aliphatic heterocycles. The number of hydrogen-bond acceptors (Lipinski definition) is 2. The van der Waals surface area contributed by atoms with Gasteiger partial charge in [0.1, 0.15) is 0 Å². The summed E-state index contributed by atoms with van der Waals surface area (Å²) in [5.41, 5.74) is 10.5. The summed E-state index contributed by atoms with van der Waals surface area (Å²) in [5, 5.41) is 0. The Morgan fingerprint density at radius 2 is 1.60 bits per heavy atom. The molecule has 0 atom stereocenters. The van der Waals surface area contributed by atoms with Crippen molar-refractivity contribution in [2.24, 2.45) is 0 Å². The Morgan fingerprint density at radius 1 is 1.00 bits per heavy atom. The number of nitrogens with two attached hydrogens (primary N) is 1. The van der Waals surface area contributed by atoms with Gasteiger partial charge in [-0.3, -0.25) is 0 Å². The zero-order valence-electron chi connectivity index (χ0n) is 12.4. The van der Waals surface area contributed by atoms with Gasteiger partial charge < -0.3 is 10.6 Å². The van der Waals surface area contributed by atoms with E-state index in [4.69, 9.17) is 5.73 Å². The van der Waals surface area contributed by atoms with Gasteiger partial charge in [-0.05, 0) is 41.3 Å². The second kappa shape index (κ2) is 5.49. The van der Waals surface area contributed by atoms with Gasteiger partial charge in [-0.2, -0.15) is 0 Å². The summed E-state index contributed by atoms with van der Waals surface area (Å²) >= 11 is 3.43. The van der Waals surface area contributed by atoms with Crippen molar-refractivity contribution in [3.8, 4) is 0 Å². The Kier molecular flexibility index (Phi) is 4.09. The molecule has 0 saturated heterocycles. The van der Waals surface area contributed by atoms with Crippen LogP contribution in [0, 0.1) is 0 Å². The van der Waals surface area contributed by atoms with Crippen LogP contribution in [0.25, 0.3) is 0 Å². The average Bonchev–Trinajstić information content (AvgIpc) is 2.37. The van der Waals surface area contributed by atoms with E-state index in [2.05, 4.69) is 65.9 Å². The van der Waals surface area contributed by atoms with Crippen LogP contribution in [0.1, 0.15) is 26.3 Å². The Morgan fingerprint density at radius 3 is 2.10 bits per heavy atom. The Bertz CT molecular complexity index is 597. The van der Waals surface area contributed by atoms with Gasteiger partial charge in [0.2, 0.25) is 0 Å². The van der Waals surface area contributed by atoms with E-state index in [1.165, 1.54) is 5.56 Å². The van der Waals surface area contributed by atoms with Crippen molar-refractivity contribution >= 4 is 33.0 Å². The lowest BCUT2D eigenvalue weighted by atomic mass is 9.87. The van der Waals surface area contributed by atoms with Crippen LogP contribution in [-0.2, 0) is 5.41 Å². The van der Waals surface area contributed by atoms with Crippen LogP contribution in [0.3, 0.4) is 0 Å². The molecule has 0 amide bonds. The molecular weight excluding hydrogens is 312 g/mol. The summed E-state index contributed by atoms with van der Waals surface area (Å²) in [4.78, 5) is 2.11. The first-order valence-corrected chi connectivity index (χ1v) is 7.47. The lowest BCUT2D eigenvalue weighted by Gasteiger charge is -2.24. The van der Waals surface area contributed by atoms with Crippen molar-refractivity contribution < 1.29 is 0 Å². The molecule has 2 N–H and O–H groups in total. The second-order valence-corrected chi connectivity index (χ2v) is 6.97. The van der Waals surface area contributed by atoms with Crippen molar-refractivity contribution in [3.63, 3.8) is 0 Å². The van der Waals surface area contributed by atoms with E-state index in [9.17, 15) is 0 Å². The molecule has 2 rings (SSSR count). The third-order valence-electron chi connectivity index (χ3n) is 3.47. The van der Waals surface area contributed by atoms with Crippen molar-refractivity contribution in [2.45, 2.75) is 26.2 Å². The highest BCUT2D eigenvalue weighted by Crippen LogP contribution is 2.32. The number of benzene rings is 2. The third-order valence-corrected chi connectivity index (χ3v) is 3.96. The van der Waals surface area contributed by atoms with Gasteiger partial charge in [0.15, 0.2) is 0 Å². The zero-order chi connectivity index (χ0) is 14.9. The smallest absolute Gasteiger partial charge is 0.0642 e. The number of halogens is 1. The van der Waals surface area contributed by atoms with Gasteiger partial charge in [0, 0.05) is 17.2 Å². The maximum Gasteiger partial charge on any atom is 0.0642 e. The monoisotopic (exact) mass is 332 g/mol. The summed E-state index contributed by atoms with van der Waals surface area (Å²) < 4.78 is 0.996. The van der Waals surface area contributed by atoms with Gasteiger partial charge in [0.25, 0.3) is 0 Å². The van der Waals surface area contributed by atoms with Crippen molar-refractivity contribution in [2.75, 3.05) is 17.7 Å². The third kappa shape index (κ3) is 3.15. The first-order chi connectivity index (χ1) is 9.29. The fraction of sp³-hybridized carbons (Fsp3) is 0.294. The standard InChI is InChI=1S/C17H21BrN2/c1-17(2,3)12-5-8-14(9-6-12)20(4)16-10-7-13(18)11-15(16)19/h5-11H,19H2,1-4H3. The number of nitrogen functional groups attached to an aromatic ring is 1. The van der Waals surface area contributed by atoms with E-state index < -0.39 is 0 Å². The summed E-state index contributed by atoms with van der Waals surface area (Å²) in [6, 6.07) is 14.6. The molecule has 0 spiro atoms. The van der Waals surface area contributed by atoms with Gasteiger partial charge in [-0.1, -0.05) is 48.8 Å². The van der Waals surface area contributed by atoms with E-state index >= 15 is 0 Å². The molecule has 106 valence electrons. The minimum absolute atomic E-state index is 0.174. The van der Waals surface area contributed by atoms with E-state index in [1.54, 1.807) is 0 Å². The van der Waals surface area contributed by atoms with Crippen LogP contribution in [-0.4, -0.2) is 7.05 Å². The fourth-order valence-corrected chi connectivity index (χ4v) is 2.53. The largest absolute Gasteiger partial charge is 0.397 e. The fourth-order valence-electron chi connectivity index (χ4n) is 2.15. The highest BCUT2D eigenvalue weighted by atomic mass is 79.9. The Labute approximate surface area is 129 Å². The quantitative estimate of drug-likeness (QED) is 0.775. The molecule has 0 bridgehead atoms. The normalized spacial score (nSPS) is 11.4. The van der Waals surface area contributed by atoms with Crippen LogP contribution in [0.2, 0.25) is 0 Å². The first kappa shape index (κ1) is 14.9. The predicted molar refractivity (Wildman–Crippen MR) is 91.8 cm³/mol. The number of nitrogens with zero attached hydrogens (tertiary/aromatic N) is 1. The van der Waals surface area contributed by atoms with Gasteiger partial charge >= 0.3 is 0 Å². The lowest BCUT2D eigenvalue weighted by Crippen LogP contribution is -2.13. The minimum atomic E-state index is 0.174. The molecule has 2 nitrogen and oxygen atoms in total. The van der Waals surface area contributed by atoms with Crippen molar-refractivity contribution in [1.82, 2.24) is 0 Å². The molecular formula is C17H21BrN2. The number of hydrogen-bond donors (Lipinski definition) is 1. The molecule has 0 aliphatic carbocycles. The first-order valence-electron chi connectivity index (χ1n) is 6.68. The van der Waals surface area contributed by atoms with Crippen molar-refractivity contribution in [1.29, 1.82) is 0 Å². The van der Waals surface area contributed by atoms with Crippen LogP contribution < -0.4 is 10.6 Å². The van der Waals surface area contributed by atoms with Crippen LogP contribution >= 0.6 is 15.9 Å². The molecule has 2 aromatic rings. The molecule has 2 aromatic carbocycles. The molecule has 0 fully saturated rings. The molecule has 0 heterocycles. The molecule has 0 aliphatic rings. The van der Waals surface area contributed by atoms with Gasteiger partial charge in [0.05, 0.1) is 11.4 Å². The molecule has 0 saturated carbocycles. The minimum Gasteiger partial charge on any atom is -0.397 e.